The lowest BCUT2D eigenvalue weighted by atomic mass is 10.0. The largest absolute Gasteiger partial charge is 0.299 e. The first-order valence-corrected chi connectivity index (χ1v) is 8.96. The predicted octanol–water partition coefficient (Wildman–Crippen LogP) is 5.27. The number of aliphatic imine (C=N–C) groups is 1. The molecule has 1 aromatic heterocycles. The van der Waals surface area contributed by atoms with Gasteiger partial charge >= 0.3 is 0 Å². The molecule has 1 aliphatic heterocycles. The van der Waals surface area contributed by atoms with Crippen LogP contribution in [0.5, 0.6) is 0 Å². The first-order chi connectivity index (χ1) is 14.1. The number of halogens is 2. The Morgan fingerprint density at radius 1 is 0.793 bits per heavy atom. The van der Waals surface area contributed by atoms with E-state index in [1.165, 1.54) is 16.8 Å². The molecule has 0 unspecified atom stereocenters. The van der Waals surface area contributed by atoms with Gasteiger partial charge in [-0.3, -0.25) is 4.79 Å². The summed E-state index contributed by atoms with van der Waals surface area (Å²) < 4.78 is 29.4. The minimum absolute atomic E-state index is 0.136. The number of hydrogen-bond donors (Lipinski definition) is 0. The summed E-state index contributed by atoms with van der Waals surface area (Å²) in [5.74, 6) is -1.58. The lowest BCUT2D eigenvalue weighted by Gasteiger charge is -2.06. The third kappa shape index (κ3) is 2.77. The average Bonchev–Trinajstić information content (AvgIpc) is 3.26. The molecule has 0 saturated carbocycles. The molecule has 0 atom stereocenters. The Morgan fingerprint density at radius 2 is 1.45 bits per heavy atom. The van der Waals surface area contributed by atoms with E-state index in [9.17, 15) is 13.6 Å². The zero-order valence-electron chi connectivity index (χ0n) is 15.0. The zero-order valence-corrected chi connectivity index (χ0v) is 15.0. The molecule has 0 saturated heterocycles. The van der Waals surface area contributed by atoms with Crippen molar-refractivity contribution in [2.75, 3.05) is 0 Å². The van der Waals surface area contributed by atoms with Crippen LogP contribution in [0.1, 0.15) is 10.4 Å². The summed E-state index contributed by atoms with van der Waals surface area (Å²) in [5, 5.41) is 4.45. The quantitative estimate of drug-likeness (QED) is 0.482. The van der Waals surface area contributed by atoms with Gasteiger partial charge < -0.3 is 0 Å². The van der Waals surface area contributed by atoms with Gasteiger partial charge in [-0.1, -0.05) is 60.7 Å². The van der Waals surface area contributed by atoms with Gasteiger partial charge in [0, 0.05) is 22.8 Å². The van der Waals surface area contributed by atoms with E-state index in [2.05, 4.69) is 10.1 Å². The highest BCUT2D eigenvalue weighted by atomic mass is 19.1. The van der Waals surface area contributed by atoms with E-state index in [0.717, 1.165) is 6.07 Å². The molecular weight excluding hydrogens is 372 g/mol. The number of carbonyl (C=O) groups excluding carboxylic acids is 1. The second kappa shape index (κ2) is 6.60. The fourth-order valence-corrected chi connectivity index (χ4v) is 3.43. The van der Waals surface area contributed by atoms with Crippen molar-refractivity contribution in [2.24, 2.45) is 4.99 Å². The van der Waals surface area contributed by atoms with Crippen LogP contribution in [0.3, 0.4) is 0 Å². The molecule has 0 amide bonds. The van der Waals surface area contributed by atoms with E-state index in [1.54, 1.807) is 12.1 Å². The van der Waals surface area contributed by atoms with E-state index >= 15 is 0 Å². The van der Waals surface area contributed by atoms with Gasteiger partial charge in [-0.15, -0.1) is 0 Å². The van der Waals surface area contributed by atoms with Crippen LogP contribution in [0, 0.1) is 11.6 Å². The van der Waals surface area contributed by atoms with E-state index in [0.29, 0.717) is 22.4 Å². The number of rotatable bonds is 3. The van der Waals surface area contributed by atoms with Crippen molar-refractivity contribution in [3.63, 3.8) is 0 Å². The summed E-state index contributed by atoms with van der Waals surface area (Å²) in [7, 11) is 0. The second-order valence-corrected chi connectivity index (χ2v) is 6.58. The summed E-state index contributed by atoms with van der Waals surface area (Å²) in [6, 6.07) is 21.5. The van der Waals surface area contributed by atoms with Crippen LogP contribution in [0.2, 0.25) is 0 Å². The smallest absolute Gasteiger partial charge is 0.265 e. The minimum Gasteiger partial charge on any atom is -0.265 e. The highest BCUT2D eigenvalue weighted by Gasteiger charge is 2.33. The Bertz CT molecular complexity index is 1280. The number of nitrogens with zero attached hydrogens (tertiary/aromatic N) is 3. The maximum atomic E-state index is 14.7. The highest BCUT2D eigenvalue weighted by molar-refractivity contribution is 6.48. The van der Waals surface area contributed by atoms with Crippen LogP contribution >= 0.6 is 0 Å². The fraction of sp³-hybridized carbons (Fsp3) is 0. The van der Waals surface area contributed by atoms with Crippen LogP contribution in [-0.2, 0) is 0 Å². The lowest BCUT2D eigenvalue weighted by molar-refractivity contribution is 0.0985. The van der Waals surface area contributed by atoms with Crippen LogP contribution < -0.4 is 0 Å². The summed E-state index contributed by atoms with van der Waals surface area (Å²) in [5.41, 5.74) is 2.49. The number of hydrogen-bond acceptors (Lipinski definition) is 3. The molecule has 0 radical (unpaired) electrons. The molecule has 0 fully saturated rings. The summed E-state index contributed by atoms with van der Waals surface area (Å²) in [6.07, 6.45) is 0. The Morgan fingerprint density at radius 3 is 2.10 bits per heavy atom. The van der Waals surface area contributed by atoms with E-state index in [1.807, 2.05) is 48.5 Å². The van der Waals surface area contributed by atoms with Gasteiger partial charge in [0.2, 0.25) is 0 Å². The van der Waals surface area contributed by atoms with Gasteiger partial charge in [0.25, 0.3) is 5.91 Å². The van der Waals surface area contributed by atoms with Crippen molar-refractivity contribution in [2.45, 2.75) is 0 Å². The van der Waals surface area contributed by atoms with E-state index in [-0.39, 0.29) is 17.1 Å². The Kier molecular flexibility index (Phi) is 3.91. The van der Waals surface area contributed by atoms with Crippen molar-refractivity contribution in [1.29, 1.82) is 0 Å². The molecule has 0 bridgehead atoms. The monoisotopic (exact) mass is 385 g/mol. The molecule has 6 heteroatoms. The molecule has 0 aliphatic carbocycles. The maximum Gasteiger partial charge on any atom is 0.299 e. The molecule has 4 aromatic rings. The van der Waals surface area contributed by atoms with Crippen LogP contribution in [-0.4, -0.2) is 21.4 Å². The summed E-state index contributed by atoms with van der Waals surface area (Å²) in [4.78, 5) is 17.5. The van der Waals surface area contributed by atoms with Crippen molar-refractivity contribution >= 4 is 17.4 Å². The molecule has 4 nitrogen and oxygen atoms in total. The summed E-state index contributed by atoms with van der Waals surface area (Å²) >= 11 is 0. The third-order valence-corrected chi connectivity index (χ3v) is 4.77. The lowest BCUT2D eigenvalue weighted by Crippen LogP contribution is -2.18. The summed E-state index contributed by atoms with van der Waals surface area (Å²) in [6.45, 7) is 0. The highest BCUT2D eigenvalue weighted by Crippen LogP contribution is 2.42. The number of benzene rings is 3. The maximum absolute atomic E-state index is 14.7. The Labute approximate surface area is 164 Å². The average molecular weight is 385 g/mol. The van der Waals surface area contributed by atoms with Crippen molar-refractivity contribution in [1.82, 2.24) is 9.78 Å². The van der Waals surface area contributed by atoms with Crippen LogP contribution in [0.4, 0.5) is 14.6 Å². The molecular formula is C23H13F2N3O. The van der Waals surface area contributed by atoms with Crippen LogP contribution in [0.15, 0.2) is 83.9 Å². The minimum atomic E-state index is -0.742. The molecule has 3 aromatic carbocycles. The second-order valence-electron chi connectivity index (χ2n) is 6.58. The molecule has 0 N–H and O–H groups in total. The topological polar surface area (TPSA) is 47.2 Å². The van der Waals surface area contributed by atoms with Crippen molar-refractivity contribution < 1.29 is 13.6 Å². The van der Waals surface area contributed by atoms with Gasteiger partial charge in [0.15, 0.2) is 5.82 Å². The van der Waals surface area contributed by atoms with Gasteiger partial charge in [-0.05, 0) is 12.1 Å². The van der Waals surface area contributed by atoms with Gasteiger partial charge in [0.05, 0.1) is 5.56 Å². The van der Waals surface area contributed by atoms with Crippen molar-refractivity contribution in [3.8, 4) is 22.4 Å². The van der Waals surface area contributed by atoms with Crippen LogP contribution in [0.25, 0.3) is 22.4 Å². The normalized spacial score (nSPS) is 12.8. The number of carbonyl (C=O) groups is 1. The molecule has 140 valence electrons. The Balaban J connectivity index is 1.78. The third-order valence-electron chi connectivity index (χ3n) is 4.77. The zero-order chi connectivity index (χ0) is 20.0. The Hall–Kier alpha value is -3.93. The molecule has 0 spiro atoms. The van der Waals surface area contributed by atoms with E-state index in [4.69, 9.17) is 0 Å². The molecule has 1 aliphatic rings. The fourth-order valence-electron chi connectivity index (χ4n) is 3.43. The molecule has 2 heterocycles. The van der Waals surface area contributed by atoms with Crippen molar-refractivity contribution in [3.05, 3.63) is 96.1 Å². The predicted molar refractivity (Wildman–Crippen MR) is 106 cm³/mol. The van der Waals surface area contributed by atoms with Gasteiger partial charge in [-0.2, -0.15) is 9.78 Å². The first kappa shape index (κ1) is 17.2. The van der Waals surface area contributed by atoms with Gasteiger partial charge in [-0.25, -0.2) is 13.8 Å². The number of aromatic nitrogens is 2. The standard InChI is InChI=1S/C23H13F2N3O/c24-16-11-12-17(18(25)13-16)19-20(14-7-3-1-4-8-14)27-28-22(19)26-21(23(28)29)15-9-5-2-6-10-15/h1-13H. The van der Waals surface area contributed by atoms with E-state index < -0.39 is 17.5 Å². The molecule has 29 heavy (non-hydrogen) atoms. The molecule has 5 rings (SSSR count). The first-order valence-electron chi connectivity index (χ1n) is 8.96. The van der Waals surface area contributed by atoms with Gasteiger partial charge in [0.1, 0.15) is 23.0 Å². The SMILES string of the molecule is O=C1C(c2ccccc2)=Nc2c(-c3ccc(F)cc3F)c(-c3ccccc3)nn21. The number of fused-ring (bicyclic) bond motifs is 1.